The van der Waals surface area contributed by atoms with Crippen LogP contribution in [0.5, 0.6) is 0 Å². The average molecular weight is 577 g/mol. The molecule has 0 saturated carbocycles. The maximum Gasteiger partial charge on any atom is 0.273 e. The molecule has 0 bridgehead atoms. The van der Waals surface area contributed by atoms with Gasteiger partial charge in [0, 0.05) is 42.4 Å². The van der Waals surface area contributed by atoms with Crippen LogP contribution in [-0.4, -0.2) is 62.4 Å². The Morgan fingerprint density at radius 1 is 0.810 bits per heavy atom. The molecule has 1 aliphatic rings. The van der Waals surface area contributed by atoms with Crippen LogP contribution in [0.15, 0.2) is 79.4 Å². The fourth-order valence-electron chi connectivity index (χ4n) is 4.52. The number of nitrogens with zero attached hydrogens (tertiary/aromatic N) is 7. The van der Waals surface area contributed by atoms with Crippen molar-refractivity contribution in [2.75, 3.05) is 36.5 Å². The van der Waals surface area contributed by atoms with Gasteiger partial charge >= 0.3 is 0 Å². The molecule has 3 aromatic heterocycles. The predicted molar refractivity (Wildman–Crippen MR) is 148 cm³/mol. The van der Waals surface area contributed by atoms with Gasteiger partial charge in [-0.1, -0.05) is 0 Å². The molecule has 1 atom stereocenters. The SMILES string of the molecule is Fc1cc(-c2ccnc(Nc3ccc(-n4cnc(-c5cc(C(F)C(F)F)ccn5)n4)cc3)n2)cc(N2CCOCC2)c1. The molecule has 42 heavy (non-hydrogen) atoms. The molecule has 1 N–H and O–H groups in total. The molecule has 2 aromatic carbocycles. The minimum absolute atomic E-state index is 0.167. The molecule has 0 aliphatic carbocycles. The number of hydrogen-bond donors (Lipinski definition) is 1. The predicted octanol–water partition coefficient (Wildman–Crippen LogP) is 5.78. The number of morpholine rings is 1. The Bertz CT molecular complexity index is 1670. The van der Waals surface area contributed by atoms with Crippen molar-refractivity contribution in [2.24, 2.45) is 0 Å². The summed E-state index contributed by atoms with van der Waals surface area (Å²) in [7, 11) is 0. The lowest BCUT2D eigenvalue weighted by Gasteiger charge is -2.29. The van der Waals surface area contributed by atoms with Gasteiger partial charge in [0.05, 0.1) is 24.6 Å². The number of halogens is 4. The third-order valence-corrected chi connectivity index (χ3v) is 6.64. The Kier molecular flexibility index (Phi) is 7.73. The van der Waals surface area contributed by atoms with Crippen LogP contribution in [0.2, 0.25) is 0 Å². The summed E-state index contributed by atoms with van der Waals surface area (Å²) in [4.78, 5) is 19.2. The highest BCUT2D eigenvalue weighted by Crippen LogP contribution is 2.28. The Balaban J connectivity index is 1.16. The Morgan fingerprint density at radius 2 is 1.60 bits per heavy atom. The van der Waals surface area contributed by atoms with Crippen LogP contribution in [0, 0.1) is 5.82 Å². The second-order valence-electron chi connectivity index (χ2n) is 9.46. The van der Waals surface area contributed by atoms with Gasteiger partial charge in [0.15, 0.2) is 12.0 Å². The first-order valence-electron chi connectivity index (χ1n) is 13.1. The second kappa shape index (κ2) is 11.9. The molecule has 5 aromatic rings. The van der Waals surface area contributed by atoms with Crippen molar-refractivity contribution < 1.29 is 22.3 Å². The maximum absolute atomic E-state index is 14.5. The lowest BCUT2D eigenvalue weighted by atomic mass is 10.1. The van der Waals surface area contributed by atoms with Gasteiger partial charge in [-0.2, -0.15) is 0 Å². The van der Waals surface area contributed by atoms with E-state index in [0.717, 1.165) is 5.69 Å². The number of ether oxygens (including phenoxy) is 1. The van der Waals surface area contributed by atoms with Crippen LogP contribution in [-0.2, 0) is 4.74 Å². The lowest BCUT2D eigenvalue weighted by Crippen LogP contribution is -2.36. The molecule has 0 radical (unpaired) electrons. The zero-order valence-electron chi connectivity index (χ0n) is 22.0. The molecule has 1 aliphatic heterocycles. The Labute approximate surface area is 237 Å². The van der Waals surface area contributed by atoms with Crippen molar-refractivity contribution in [3.8, 4) is 28.5 Å². The van der Waals surface area contributed by atoms with Gasteiger partial charge in [0.25, 0.3) is 6.43 Å². The molecule has 214 valence electrons. The van der Waals surface area contributed by atoms with Crippen molar-refractivity contribution in [3.05, 3.63) is 90.8 Å². The standard InChI is InChI=1S/C29H24F4N8O/c30-20-13-19(14-23(16-20)40-9-11-42-12-10-40)24-6-8-35-29(38-24)37-21-1-3-22(4-2-21)41-17-36-28(39-41)25-15-18(5-7-34-25)26(31)27(32)33/h1-8,13-17,26-27H,9-12H2,(H,35,37,38). The molecule has 6 rings (SSSR count). The van der Waals surface area contributed by atoms with Gasteiger partial charge in [0.2, 0.25) is 5.95 Å². The average Bonchev–Trinajstić information content (AvgIpc) is 3.52. The van der Waals surface area contributed by atoms with E-state index >= 15 is 0 Å². The fraction of sp³-hybridized carbons (Fsp3) is 0.207. The van der Waals surface area contributed by atoms with Crippen LogP contribution < -0.4 is 10.2 Å². The van der Waals surface area contributed by atoms with Crippen molar-refractivity contribution in [1.29, 1.82) is 0 Å². The lowest BCUT2D eigenvalue weighted by molar-refractivity contribution is 0.0495. The van der Waals surface area contributed by atoms with Crippen molar-refractivity contribution in [1.82, 2.24) is 29.7 Å². The summed E-state index contributed by atoms with van der Waals surface area (Å²) in [5.41, 5.74) is 3.32. The van der Waals surface area contributed by atoms with Gasteiger partial charge in [-0.15, -0.1) is 5.10 Å². The number of aromatic nitrogens is 6. The summed E-state index contributed by atoms with van der Waals surface area (Å²) in [6.07, 6.45) is -1.26. The van der Waals surface area contributed by atoms with Crippen molar-refractivity contribution in [2.45, 2.75) is 12.6 Å². The van der Waals surface area contributed by atoms with Crippen LogP contribution in [0.4, 0.5) is 34.9 Å². The first kappa shape index (κ1) is 27.3. The third-order valence-electron chi connectivity index (χ3n) is 6.64. The van der Waals surface area contributed by atoms with E-state index in [0.29, 0.717) is 54.9 Å². The minimum atomic E-state index is -3.14. The van der Waals surface area contributed by atoms with Gasteiger partial charge < -0.3 is 15.0 Å². The van der Waals surface area contributed by atoms with Crippen LogP contribution in [0.3, 0.4) is 0 Å². The zero-order valence-corrected chi connectivity index (χ0v) is 22.0. The Hall–Kier alpha value is -4.91. The van der Waals surface area contributed by atoms with Gasteiger partial charge in [0.1, 0.15) is 17.8 Å². The number of hydrogen-bond acceptors (Lipinski definition) is 8. The maximum atomic E-state index is 14.5. The summed E-state index contributed by atoms with van der Waals surface area (Å²) >= 11 is 0. The van der Waals surface area contributed by atoms with Crippen LogP contribution >= 0.6 is 0 Å². The number of benzene rings is 2. The van der Waals surface area contributed by atoms with E-state index in [9.17, 15) is 17.6 Å². The molecule has 1 saturated heterocycles. The van der Waals surface area contributed by atoms with E-state index in [1.165, 1.54) is 41.5 Å². The van der Waals surface area contributed by atoms with E-state index in [1.54, 1.807) is 36.5 Å². The van der Waals surface area contributed by atoms with Crippen molar-refractivity contribution in [3.63, 3.8) is 0 Å². The summed E-state index contributed by atoms with van der Waals surface area (Å²) < 4.78 is 60.7. The van der Waals surface area contributed by atoms with E-state index < -0.39 is 12.6 Å². The number of alkyl halides is 3. The van der Waals surface area contributed by atoms with Crippen molar-refractivity contribution >= 4 is 17.3 Å². The van der Waals surface area contributed by atoms with E-state index in [4.69, 9.17) is 4.74 Å². The topological polar surface area (TPSA) is 93.9 Å². The monoisotopic (exact) mass is 576 g/mol. The highest BCUT2D eigenvalue weighted by molar-refractivity contribution is 5.67. The summed E-state index contributed by atoms with van der Waals surface area (Å²) in [5, 5.41) is 7.50. The van der Waals surface area contributed by atoms with Crippen LogP contribution in [0.25, 0.3) is 28.5 Å². The van der Waals surface area contributed by atoms with E-state index in [1.807, 2.05) is 6.07 Å². The molecule has 1 unspecified atom stereocenters. The normalized spacial score (nSPS) is 14.3. The second-order valence-corrected chi connectivity index (χ2v) is 9.46. The van der Waals surface area contributed by atoms with Gasteiger partial charge in [-0.25, -0.2) is 37.2 Å². The molecule has 9 nitrogen and oxygen atoms in total. The molecular formula is C29H24F4N8O. The number of pyridine rings is 1. The first-order valence-corrected chi connectivity index (χ1v) is 13.1. The van der Waals surface area contributed by atoms with Gasteiger partial charge in [-0.3, -0.25) is 4.98 Å². The van der Waals surface area contributed by atoms with E-state index in [2.05, 4.69) is 35.3 Å². The molecule has 13 heteroatoms. The number of rotatable bonds is 8. The van der Waals surface area contributed by atoms with Gasteiger partial charge in [-0.05, 0) is 66.2 Å². The summed E-state index contributed by atoms with van der Waals surface area (Å²) in [6.45, 7) is 2.58. The molecule has 0 spiro atoms. The Morgan fingerprint density at radius 3 is 2.38 bits per heavy atom. The largest absolute Gasteiger partial charge is 0.378 e. The smallest absolute Gasteiger partial charge is 0.273 e. The quantitative estimate of drug-likeness (QED) is 0.233. The van der Waals surface area contributed by atoms with Crippen LogP contribution in [0.1, 0.15) is 11.7 Å². The highest BCUT2D eigenvalue weighted by atomic mass is 19.3. The molecule has 4 heterocycles. The zero-order chi connectivity index (χ0) is 29.1. The molecule has 1 fully saturated rings. The number of anilines is 3. The third kappa shape index (κ3) is 6.05. The first-order chi connectivity index (χ1) is 20.4. The van der Waals surface area contributed by atoms with E-state index in [-0.39, 0.29) is 22.9 Å². The summed E-state index contributed by atoms with van der Waals surface area (Å²) in [6, 6.07) is 16.1. The number of nitrogens with one attached hydrogen (secondary N) is 1. The minimum Gasteiger partial charge on any atom is -0.378 e. The molecular weight excluding hydrogens is 552 g/mol. The summed E-state index contributed by atoms with van der Waals surface area (Å²) in [5.74, 6) is 0.151. The molecule has 0 amide bonds. The highest BCUT2D eigenvalue weighted by Gasteiger charge is 2.22. The fourth-order valence-corrected chi connectivity index (χ4v) is 4.52.